The molecule has 0 saturated heterocycles. The lowest BCUT2D eigenvalue weighted by Crippen LogP contribution is -2.24. The summed E-state index contributed by atoms with van der Waals surface area (Å²) in [4.78, 5) is 2.41. The molecule has 2 heterocycles. The van der Waals surface area contributed by atoms with E-state index in [-0.39, 0.29) is 0 Å². The summed E-state index contributed by atoms with van der Waals surface area (Å²) >= 11 is 0. The van der Waals surface area contributed by atoms with Gasteiger partial charge in [-0.1, -0.05) is 32.4 Å². The van der Waals surface area contributed by atoms with Crippen molar-refractivity contribution in [2.24, 2.45) is 0 Å². The highest BCUT2D eigenvalue weighted by molar-refractivity contribution is 5.87. The Balaban J connectivity index is 1.84. The molecule has 0 aliphatic carbocycles. The summed E-state index contributed by atoms with van der Waals surface area (Å²) in [5, 5.41) is 18.3. The standard InChI is InChI=1S/C22H29N5/c1-3-13-26(14-4-2)20-11-9-18(10-12-20)16-19(17-23)22-25-24-21-8-6-5-7-15-27(21)22/h9-12,16H,3-8,13-15H2,1-2H3/b19-16+. The van der Waals surface area contributed by atoms with E-state index < -0.39 is 0 Å². The minimum absolute atomic E-state index is 0.586. The van der Waals surface area contributed by atoms with Crippen LogP contribution in [0.3, 0.4) is 0 Å². The van der Waals surface area contributed by atoms with Crippen molar-refractivity contribution >= 4 is 17.3 Å². The largest absolute Gasteiger partial charge is 0.372 e. The zero-order valence-corrected chi connectivity index (χ0v) is 16.5. The van der Waals surface area contributed by atoms with Crippen molar-refractivity contribution < 1.29 is 0 Å². The van der Waals surface area contributed by atoms with E-state index in [0.29, 0.717) is 11.4 Å². The summed E-state index contributed by atoms with van der Waals surface area (Å²) in [7, 11) is 0. The molecule has 0 unspecified atom stereocenters. The zero-order valence-electron chi connectivity index (χ0n) is 16.5. The molecule has 0 amide bonds. The molecular formula is C22H29N5. The van der Waals surface area contributed by atoms with E-state index in [2.05, 4.69) is 63.8 Å². The zero-order chi connectivity index (χ0) is 19.1. The molecule has 5 heteroatoms. The molecular weight excluding hydrogens is 334 g/mol. The third-order valence-corrected chi connectivity index (χ3v) is 5.03. The number of nitrogens with zero attached hydrogens (tertiary/aromatic N) is 5. The number of hydrogen-bond donors (Lipinski definition) is 0. The van der Waals surface area contributed by atoms with Gasteiger partial charge in [-0.15, -0.1) is 10.2 Å². The molecule has 1 aliphatic heterocycles. The number of hydrogen-bond acceptors (Lipinski definition) is 4. The number of fused-ring (bicyclic) bond motifs is 1. The fourth-order valence-electron chi connectivity index (χ4n) is 3.69. The van der Waals surface area contributed by atoms with Crippen molar-refractivity contribution in [2.45, 2.75) is 58.9 Å². The van der Waals surface area contributed by atoms with E-state index in [4.69, 9.17) is 0 Å². The summed E-state index contributed by atoms with van der Waals surface area (Å²) in [5.41, 5.74) is 2.85. The molecule has 3 rings (SSSR count). The molecule has 0 fully saturated rings. The van der Waals surface area contributed by atoms with Gasteiger partial charge in [0, 0.05) is 31.7 Å². The van der Waals surface area contributed by atoms with Gasteiger partial charge in [-0.05, 0) is 49.5 Å². The van der Waals surface area contributed by atoms with Crippen molar-refractivity contribution in [3.63, 3.8) is 0 Å². The fraction of sp³-hybridized carbons (Fsp3) is 0.500. The van der Waals surface area contributed by atoms with Crippen LogP contribution in [0.4, 0.5) is 5.69 Å². The van der Waals surface area contributed by atoms with Crippen molar-refractivity contribution in [1.82, 2.24) is 14.8 Å². The molecule has 0 spiro atoms. The molecule has 0 radical (unpaired) electrons. The van der Waals surface area contributed by atoms with Crippen LogP contribution in [-0.4, -0.2) is 27.9 Å². The van der Waals surface area contributed by atoms with Crippen LogP contribution in [0.15, 0.2) is 24.3 Å². The molecule has 2 aromatic rings. The van der Waals surface area contributed by atoms with Crippen LogP contribution in [0.2, 0.25) is 0 Å². The molecule has 0 saturated carbocycles. The van der Waals surface area contributed by atoms with Crippen LogP contribution in [0.25, 0.3) is 11.6 Å². The highest BCUT2D eigenvalue weighted by Gasteiger charge is 2.17. The second-order valence-electron chi connectivity index (χ2n) is 7.15. The first-order valence-electron chi connectivity index (χ1n) is 10.2. The van der Waals surface area contributed by atoms with Crippen molar-refractivity contribution in [3.8, 4) is 6.07 Å². The summed E-state index contributed by atoms with van der Waals surface area (Å²) in [5.74, 6) is 1.71. The second kappa shape index (κ2) is 9.36. The normalized spacial score (nSPS) is 14.3. The monoisotopic (exact) mass is 363 g/mol. The molecule has 1 aromatic carbocycles. The third kappa shape index (κ3) is 4.57. The molecule has 0 N–H and O–H groups in total. The Morgan fingerprint density at radius 2 is 1.85 bits per heavy atom. The van der Waals surface area contributed by atoms with Gasteiger partial charge in [0.05, 0.1) is 5.57 Å². The molecule has 5 nitrogen and oxygen atoms in total. The van der Waals surface area contributed by atoms with Crippen molar-refractivity contribution in [2.75, 3.05) is 18.0 Å². The van der Waals surface area contributed by atoms with Gasteiger partial charge in [-0.25, -0.2) is 0 Å². The summed E-state index contributed by atoms with van der Waals surface area (Å²) in [6.45, 7) is 7.45. The van der Waals surface area contributed by atoms with E-state index in [9.17, 15) is 5.26 Å². The Morgan fingerprint density at radius 3 is 2.52 bits per heavy atom. The quantitative estimate of drug-likeness (QED) is 0.669. The number of rotatable bonds is 7. The average Bonchev–Trinajstić information content (AvgIpc) is 2.94. The van der Waals surface area contributed by atoms with Gasteiger partial charge in [-0.3, -0.25) is 0 Å². The number of aromatic nitrogens is 3. The van der Waals surface area contributed by atoms with Gasteiger partial charge in [0.1, 0.15) is 11.9 Å². The Hall–Kier alpha value is -2.61. The van der Waals surface area contributed by atoms with E-state index in [1.165, 1.54) is 12.1 Å². The van der Waals surface area contributed by atoms with Crippen molar-refractivity contribution in [3.05, 3.63) is 41.5 Å². The third-order valence-electron chi connectivity index (χ3n) is 5.03. The Morgan fingerprint density at radius 1 is 1.11 bits per heavy atom. The Bertz CT molecular complexity index is 804. The molecule has 142 valence electrons. The SMILES string of the molecule is CCCN(CCC)c1ccc(/C=C(\C#N)c2nnc3n2CCCCC3)cc1. The molecule has 0 bridgehead atoms. The number of aryl methyl sites for hydroxylation is 1. The maximum absolute atomic E-state index is 9.71. The van der Waals surface area contributed by atoms with Crippen LogP contribution in [-0.2, 0) is 13.0 Å². The number of benzene rings is 1. The lowest BCUT2D eigenvalue weighted by Gasteiger charge is -2.23. The minimum atomic E-state index is 0.586. The van der Waals surface area contributed by atoms with E-state index in [1.807, 2.05) is 6.08 Å². The average molecular weight is 364 g/mol. The lowest BCUT2D eigenvalue weighted by atomic mass is 10.1. The number of allylic oxidation sites excluding steroid dienone is 1. The van der Waals surface area contributed by atoms with Crippen LogP contribution in [0.1, 0.15) is 63.2 Å². The summed E-state index contributed by atoms with van der Waals surface area (Å²) in [6.07, 6.45) is 8.63. The van der Waals surface area contributed by atoms with Crippen LogP contribution in [0, 0.1) is 11.3 Å². The predicted molar refractivity (Wildman–Crippen MR) is 110 cm³/mol. The Labute approximate surface area is 162 Å². The van der Waals surface area contributed by atoms with Crippen LogP contribution < -0.4 is 4.90 Å². The van der Waals surface area contributed by atoms with Gasteiger partial charge >= 0.3 is 0 Å². The lowest BCUT2D eigenvalue weighted by molar-refractivity contribution is 0.627. The molecule has 0 atom stereocenters. The smallest absolute Gasteiger partial charge is 0.174 e. The predicted octanol–water partition coefficient (Wildman–Crippen LogP) is 4.70. The van der Waals surface area contributed by atoms with E-state index in [0.717, 1.165) is 63.1 Å². The number of anilines is 1. The summed E-state index contributed by atoms with van der Waals surface area (Å²) < 4.78 is 2.13. The highest BCUT2D eigenvalue weighted by atomic mass is 15.3. The maximum Gasteiger partial charge on any atom is 0.174 e. The molecule has 27 heavy (non-hydrogen) atoms. The first-order valence-corrected chi connectivity index (χ1v) is 10.2. The van der Waals surface area contributed by atoms with E-state index in [1.54, 1.807) is 0 Å². The fourth-order valence-corrected chi connectivity index (χ4v) is 3.69. The van der Waals surface area contributed by atoms with E-state index >= 15 is 0 Å². The van der Waals surface area contributed by atoms with Gasteiger partial charge < -0.3 is 9.47 Å². The van der Waals surface area contributed by atoms with Crippen LogP contribution in [0.5, 0.6) is 0 Å². The first-order chi connectivity index (χ1) is 13.3. The summed E-state index contributed by atoms with van der Waals surface area (Å²) in [6, 6.07) is 10.8. The topological polar surface area (TPSA) is 57.7 Å². The maximum atomic E-state index is 9.71. The molecule has 1 aliphatic rings. The van der Waals surface area contributed by atoms with Crippen LogP contribution >= 0.6 is 0 Å². The second-order valence-corrected chi connectivity index (χ2v) is 7.15. The van der Waals surface area contributed by atoms with Crippen molar-refractivity contribution in [1.29, 1.82) is 5.26 Å². The Kier molecular flexibility index (Phi) is 6.64. The minimum Gasteiger partial charge on any atom is -0.372 e. The first kappa shape index (κ1) is 19.2. The van der Waals surface area contributed by atoms with Gasteiger partial charge in [-0.2, -0.15) is 5.26 Å². The van der Waals surface area contributed by atoms with Gasteiger partial charge in [0.25, 0.3) is 0 Å². The molecule has 1 aromatic heterocycles. The van der Waals surface area contributed by atoms with Gasteiger partial charge in [0.15, 0.2) is 5.82 Å². The van der Waals surface area contributed by atoms with Gasteiger partial charge in [0.2, 0.25) is 0 Å². The number of nitriles is 1. The highest BCUT2D eigenvalue weighted by Crippen LogP contribution is 2.23.